The first-order chi connectivity index (χ1) is 9.19. The molecule has 0 saturated carbocycles. The van der Waals surface area contributed by atoms with E-state index in [1.54, 1.807) is 10.9 Å². The molecule has 0 bridgehead atoms. The second-order valence-corrected chi connectivity index (χ2v) is 4.52. The fourth-order valence-corrected chi connectivity index (χ4v) is 2.12. The Balaban J connectivity index is 1.74. The summed E-state index contributed by atoms with van der Waals surface area (Å²) in [5.74, 6) is 2.55. The maximum atomic E-state index is 10.5. The van der Waals surface area contributed by atoms with Gasteiger partial charge in [-0.1, -0.05) is 5.92 Å². The molecule has 0 radical (unpaired) electrons. The zero-order valence-electron chi connectivity index (χ0n) is 10.7. The summed E-state index contributed by atoms with van der Waals surface area (Å²) in [6.07, 6.45) is 6.93. The predicted molar refractivity (Wildman–Crippen MR) is 70.6 cm³/mol. The first-order valence-electron chi connectivity index (χ1n) is 6.25. The molecule has 7 heteroatoms. The van der Waals surface area contributed by atoms with E-state index in [4.69, 9.17) is 6.42 Å². The van der Waals surface area contributed by atoms with Gasteiger partial charge in [-0.25, -0.2) is 0 Å². The fraction of sp³-hybridized carbons (Fsp3) is 0.583. The fourth-order valence-electron chi connectivity index (χ4n) is 2.12. The lowest BCUT2D eigenvalue weighted by atomic mass is 10.3. The van der Waals surface area contributed by atoms with E-state index in [0.717, 1.165) is 32.7 Å². The highest BCUT2D eigenvalue weighted by Gasteiger charge is 2.17. The van der Waals surface area contributed by atoms with E-state index < -0.39 is 4.92 Å². The van der Waals surface area contributed by atoms with Crippen molar-refractivity contribution in [2.75, 3.05) is 39.3 Å². The third kappa shape index (κ3) is 3.77. The van der Waals surface area contributed by atoms with E-state index in [-0.39, 0.29) is 5.82 Å². The Morgan fingerprint density at radius 3 is 2.58 bits per heavy atom. The summed E-state index contributed by atoms with van der Waals surface area (Å²) in [5.41, 5.74) is 0. The summed E-state index contributed by atoms with van der Waals surface area (Å²) in [6, 6.07) is 1.42. The van der Waals surface area contributed by atoms with Crippen molar-refractivity contribution in [2.45, 2.75) is 6.54 Å². The van der Waals surface area contributed by atoms with Crippen LogP contribution < -0.4 is 0 Å². The van der Waals surface area contributed by atoms with E-state index in [0.29, 0.717) is 13.1 Å². The van der Waals surface area contributed by atoms with E-state index in [1.165, 1.54) is 6.07 Å². The van der Waals surface area contributed by atoms with Gasteiger partial charge in [0.25, 0.3) is 0 Å². The molecule has 0 spiro atoms. The minimum absolute atomic E-state index is 0.0983. The number of terminal acetylenes is 1. The maximum absolute atomic E-state index is 10.5. The van der Waals surface area contributed by atoms with Gasteiger partial charge in [0.05, 0.1) is 30.5 Å². The maximum Gasteiger partial charge on any atom is 0.389 e. The van der Waals surface area contributed by atoms with Gasteiger partial charge in [-0.2, -0.15) is 4.68 Å². The molecule has 7 nitrogen and oxygen atoms in total. The number of rotatable bonds is 5. The molecule has 1 aromatic rings. The molecule has 2 rings (SSSR count). The third-order valence-electron chi connectivity index (χ3n) is 3.24. The zero-order valence-corrected chi connectivity index (χ0v) is 10.7. The van der Waals surface area contributed by atoms with Crippen LogP contribution in [-0.4, -0.2) is 63.8 Å². The number of hydrogen-bond donors (Lipinski definition) is 0. The first-order valence-corrected chi connectivity index (χ1v) is 6.25. The number of piperazine rings is 1. The lowest BCUT2D eigenvalue weighted by molar-refractivity contribution is -0.389. The van der Waals surface area contributed by atoms with Crippen LogP contribution in [0.1, 0.15) is 0 Å². The van der Waals surface area contributed by atoms with Crippen LogP contribution in [0.15, 0.2) is 12.3 Å². The summed E-state index contributed by atoms with van der Waals surface area (Å²) in [6.45, 7) is 6.13. The third-order valence-corrected chi connectivity index (χ3v) is 3.24. The molecular weight excluding hydrogens is 246 g/mol. The Labute approximate surface area is 111 Å². The van der Waals surface area contributed by atoms with Gasteiger partial charge in [-0.05, 0) is 4.92 Å². The summed E-state index contributed by atoms with van der Waals surface area (Å²) in [7, 11) is 0. The average molecular weight is 263 g/mol. The van der Waals surface area contributed by atoms with Crippen molar-refractivity contribution >= 4 is 5.82 Å². The number of aromatic nitrogens is 2. The van der Waals surface area contributed by atoms with Crippen molar-refractivity contribution in [2.24, 2.45) is 0 Å². The molecule has 2 heterocycles. The lowest BCUT2D eigenvalue weighted by Crippen LogP contribution is -2.47. The van der Waals surface area contributed by atoms with Crippen molar-refractivity contribution < 1.29 is 4.92 Å². The Bertz CT molecular complexity index is 471. The minimum atomic E-state index is -0.477. The molecule has 19 heavy (non-hydrogen) atoms. The van der Waals surface area contributed by atoms with E-state index >= 15 is 0 Å². The average Bonchev–Trinajstić information content (AvgIpc) is 2.87. The van der Waals surface area contributed by atoms with Gasteiger partial charge in [0.1, 0.15) is 0 Å². The van der Waals surface area contributed by atoms with Crippen molar-refractivity contribution in [3.05, 3.63) is 22.4 Å². The van der Waals surface area contributed by atoms with Gasteiger partial charge in [-0.3, -0.25) is 9.80 Å². The normalized spacial score (nSPS) is 17.2. The van der Waals surface area contributed by atoms with Crippen LogP contribution in [0.3, 0.4) is 0 Å². The molecule has 0 atom stereocenters. The molecule has 0 aromatic carbocycles. The smallest absolute Gasteiger partial charge is 0.358 e. The molecule has 1 aromatic heterocycles. The van der Waals surface area contributed by atoms with Crippen molar-refractivity contribution in [1.82, 2.24) is 19.6 Å². The zero-order chi connectivity index (χ0) is 13.7. The highest BCUT2D eigenvalue weighted by atomic mass is 16.6. The second-order valence-electron chi connectivity index (χ2n) is 4.52. The number of hydrogen-bond acceptors (Lipinski definition) is 5. The van der Waals surface area contributed by atoms with Crippen LogP contribution in [0.2, 0.25) is 0 Å². The first kappa shape index (κ1) is 13.5. The van der Waals surface area contributed by atoms with Crippen LogP contribution in [0.5, 0.6) is 0 Å². The van der Waals surface area contributed by atoms with Crippen molar-refractivity contribution in [3.8, 4) is 12.3 Å². The largest absolute Gasteiger partial charge is 0.389 e. The van der Waals surface area contributed by atoms with Gasteiger partial charge >= 0.3 is 5.82 Å². The van der Waals surface area contributed by atoms with E-state index in [1.807, 2.05) is 0 Å². The number of nitrogens with zero attached hydrogens (tertiary/aromatic N) is 5. The van der Waals surface area contributed by atoms with Gasteiger partial charge in [0.2, 0.25) is 0 Å². The highest BCUT2D eigenvalue weighted by molar-refractivity contribution is 5.13. The lowest BCUT2D eigenvalue weighted by Gasteiger charge is -2.33. The molecule has 1 aliphatic heterocycles. The van der Waals surface area contributed by atoms with Gasteiger partial charge < -0.3 is 10.1 Å². The SMILES string of the molecule is C#CCN1CCN(CCn2ccc([N+](=O)[O-])n2)CC1. The molecule has 1 aliphatic rings. The molecule has 1 saturated heterocycles. The molecule has 0 amide bonds. The predicted octanol–water partition coefficient (Wildman–Crippen LogP) is 0.0421. The van der Waals surface area contributed by atoms with Crippen molar-refractivity contribution in [3.63, 3.8) is 0 Å². The molecule has 0 N–H and O–H groups in total. The minimum Gasteiger partial charge on any atom is -0.358 e. The molecule has 102 valence electrons. The Hall–Kier alpha value is -1.91. The standard InChI is InChI=1S/C12H17N5O2/c1-2-4-14-6-8-15(9-7-14)10-11-16-5-3-12(13-16)17(18)19/h1,3,5H,4,6-11H2. The van der Waals surface area contributed by atoms with Crippen LogP contribution in [0.4, 0.5) is 5.82 Å². The number of nitro groups is 1. The topological polar surface area (TPSA) is 67.4 Å². The highest BCUT2D eigenvalue weighted by Crippen LogP contribution is 2.06. The van der Waals surface area contributed by atoms with E-state index in [9.17, 15) is 10.1 Å². The summed E-state index contributed by atoms with van der Waals surface area (Å²) < 4.78 is 1.62. The quantitative estimate of drug-likeness (QED) is 0.426. The molecule has 0 unspecified atom stereocenters. The van der Waals surface area contributed by atoms with Crippen LogP contribution >= 0.6 is 0 Å². The van der Waals surface area contributed by atoms with Gasteiger partial charge in [0.15, 0.2) is 0 Å². The Morgan fingerprint density at radius 1 is 1.32 bits per heavy atom. The summed E-state index contributed by atoms with van der Waals surface area (Å²) >= 11 is 0. The Morgan fingerprint density at radius 2 is 2.00 bits per heavy atom. The van der Waals surface area contributed by atoms with Crippen LogP contribution in [0.25, 0.3) is 0 Å². The monoisotopic (exact) mass is 263 g/mol. The molecular formula is C12H17N5O2. The van der Waals surface area contributed by atoms with Gasteiger partial charge in [0, 0.05) is 32.7 Å². The molecule has 0 aliphatic carbocycles. The van der Waals surface area contributed by atoms with Crippen molar-refractivity contribution in [1.29, 1.82) is 0 Å². The van der Waals surface area contributed by atoms with Gasteiger partial charge in [-0.15, -0.1) is 6.42 Å². The van der Waals surface area contributed by atoms with Crippen LogP contribution in [0, 0.1) is 22.5 Å². The van der Waals surface area contributed by atoms with Crippen LogP contribution in [-0.2, 0) is 6.54 Å². The Kier molecular flexibility index (Phi) is 4.49. The summed E-state index contributed by atoms with van der Waals surface area (Å²) in [4.78, 5) is 14.6. The second kappa shape index (κ2) is 6.31. The summed E-state index contributed by atoms with van der Waals surface area (Å²) in [5, 5.41) is 14.4. The molecule has 1 fully saturated rings. The van der Waals surface area contributed by atoms with E-state index in [2.05, 4.69) is 20.8 Å².